The maximum absolute atomic E-state index is 13.1. The van der Waals surface area contributed by atoms with Crippen molar-refractivity contribution in [2.24, 2.45) is 0 Å². The van der Waals surface area contributed by atoms with Gasteiger partial charge in [-0.2, -0.15) is 0 Å². The Bertz CT molecular complexity index is 777. The quantitative estimate of drug-likeness (QED) is 0.640. The number of ether oxygens (including phenoxy) is 4. The zero-order valence-electron chi connectivity index (χ0n) is 17.3. The first-order chi connectivity index (χ1) is 14.2. The van der Waals surface area contributed by atoms with Gasteiger partial charge in [0.15, 0.2) is 11.5 Å². The van der Waals surface area contributed by atoms with Crippen molar-refractivity contribution in [1.82, 2.24) is 4.90 Å². The summed E-state index contributed by atoms with van der Waals surface area (Å²) in [5.74, 6) is 1.35. The lowest BCUT2D eigenvalue weighted by Gasteiger charge is -2.25. The zero-order valence-corrected chi connectivity index (χ0v) is 17.3. The molecule has 2 aromatic carbocycles. The second kappa shape index (κ2) is 10.2. The van der Waals surface area contributed by atoms with Gasteiger partial charge >= 0.3 is 0 Å². The van der Waals surface area contributed by atoms with Crippen LogP contribution in [0.25, 0.3) is 0 Å². The van der Waals surface area contributed by atoms with Crippen LogP contribution in [0.4, 0.5) is 0 Å². The maximum atomic E-state index is 13.1. The number of rotatable bonds is 9. The summed E-state index contributed by atoms with van der Waals surface area (Å²) >= 11 is 0. The molecule has 6 heteroatoms. The van der Waals surface area contributed by atoms with Crippen LogP contribution in [-0.2, 0) is 11.3 Å². The fourth-order valence-corrected chi connectivity index (χ4v) is 3.45. The number of carbonyl (C=O) groups excluding carboxylic acids is 1. The van der Waals surface area contributed by atoms with Gasteiger partial charge in [-0.05, 0) is 37.5 Å². The summed E-state index contributed by atoms with van der Waals surface area (Å²) in [4.78, 5) is 14.9. The number of hydrogen-bond donors (Lipinski definition) is 0. The molecule has 6 nitrogen and oxygen atoms in total. The molecule has 3 rings (SSSR count). The minimum Gasteiger partial charge on any atom is -0.493 e. The van der Waals surface area contributed by atoms with Gasteiger partial charge < -0.3 is 23.8 Å². The van der Waals surface area contributed by atoms with E-state index in [1.165, 1.54) is 0 Å². The first-order valence-electron chi connectivity index (χ1n) is 9.99. The van der Waals surface area contributed by atoms with Crippen molar-refractivity contribution in [3.05, 3.63) is 53.6 Å². The number of hydrogen-bond acceptors (Lipinski definition) is 5. The molecule has 0 aliphatic carbocycles. The lowest BCUT2D eigenvalue weighted by Crippen LogP contribution is -2.37. The summed E-state index contributed by atoms with van der Waals surface area (Å²) < 4.78 is 22.7. The van der Waals surface area contributed by atoms with E-state index in [0.717, 1.165) is 25.0 Å². The third kappa shape index (κ3) is 5.21. The van der Waals surface area contributed by atoms with Gasteiger partial charge in [-0.15, -0.1) is 0 Å². The zero-order chi connectivity index (χ0) is 20.6. The monoisotopic (exact) mass is 399 g/mol. The normalized spacial score (nSPS) is 15.8. The molecule has 0 aromatic heterocycles. The molecule has 1 unspecified atom stereocenters. The number of likely N-dealkylation sites (N-methyl/N-ethyl adjacent to an activating group) is 1. The van der Waals surface area contributed by atoms with E-state index in [2.05, 4.69) is 0 Å². The Kier molecular flexibility index (Phi) is 7.36. The van der Waals surface area contributed by atoms with E-state index in [4.69, 9.17) is 18.9 Å². The molecule has 2 aromatic rings. The number of carbonyl (C=O) groups is 1. The largest absolute Gasteiger partial charge is 0.493 e. The van der Waals surface area contributed by atoms with Crippen LogP contribution in [0.5, 0.6) is 17.2 Å². The van der Waals surface area contributed by atoms with Crippen LogP contribution in [0.3, 0.4) is 0 Å². The first kappa shape index (κ1) is 21.0. The summed E-state index contributed by atoms with van der Waals surface area (Å²) in [7, 11) is 3.12. The smallest absolute Gasteiger partial charge is 0.254 e. The standard InChI is InChI=1S/C23H29NO5/c1-4-24(15-19-11-8-12-28-19)23(25)18-13-20(26-2)22(21(14-18)27-3)29-16-17-9-6-5-7-10-17/h5-7,9-10,13-14,19H,4,8,11-12,15-16H2,1-3H3. The van der Waals surface area contributed by atoms with E-state index >= 15 is 0 Å². The van der Waals surface area contributed by atoms with Gasteiger partial charge in [0.1, 0.15) is 6.61 Å². The second-order valence-corrected chi connectivity index (χ2v) is 6.96. The van der Waals surface area contributed by atoms with Crippen LogP contribution < -0.4 is 14.2 Å². The van der Waals surface area contributed by atoms with E-state index in [9.17, 15) is 4.79 Å². The molecule has 1 aliphatic heterocycles. The molecule has 29 heavy (non-hydrogen) atoms. The fourth-order valence-electron chi connectivity index (χ4n) is 3.45. The third-order valence-corrected chi connectivity index (χ3v) is 5.05. The Hall–Kier alpha value is -2.73. The summed E-state index contributed by atoms with van der Waals surface area (Å²) in [6, 6.07) is 13.3. The van der Waals surface area contributed by atoms with Crippen molar-refractivity contribution < 1.29 is 23.7 Å². The molecule has 1 aliphatic rings. The van der Waals surface area contributed by atoms with Crippen molar-refractivity contribution in [2.45, 2.75) is 32.5 Å². The van der Waals surface area contributed by atoms with Gasteiger partial charge in [-0.25, -0.2) is 0 Å². The summed E-state index contributed by atoms with van der Waals surface area (Å²) in [6.45, 7) is 4.31. The van der Waals surface area contributed by atoms with Gasteiger partial charge in [-0.3, -0.25) is 4.79 Å². The lowest BCUT2D eigenvalue weighted by atomic mass is 10.1. The molecular formula is C23H29NO5. The van der Waals surface area contributed by atoms with Crippen LogP contribution in [0.15, 0.2) is 42.5 Å². The Morgan fingerprint density at radius 1 is 1.14 bits per heavy atom. The summed E-state index contributed by atoms with van der Waals surface area (Å²) in [6.07, 6.45) is 2.14. The Morgan fingerprint density at radius 2 is 1.83 bits per heavy atom. The molecule has 0 bridgehead atoms. The van der Waals surface area contributed by atoms with Crippen LogP contribution in [0.1, 0.15) is 35.7 Å². The number of methoxy groups -OCH3 is 2. The molecule has 1 amide bonds. The molecule has 0 saturated carbocycles. The highest BCUT2D eigenvalue weighted by Crippen LogP contribution is 2.39. The maximum Gasteiger partial charge on any atom is 0.254 e. The third-order valence-electron chi connectivity index (χ3n) is 5.05. The molecule has 1 atom stereocenters. The molecule has 0 spiro atoms. The molecule has 0 radical (unpaired) electrons. The highest BCUT2D eigenvalue weighted by atomic mass is 16.5. The van der Waals surface area contributed by atoms with E-state index in [-0.39, 0.29) is 12.0 Å². The van der Waals surface area contributed by atoms with Gasteiger partial charge in [0.05, 0.1) is 20.3 Å². The van der Waals surface area contributed by atoms with E-state index < -0.39 is 0 Å². The first-order valence-corrected chi connectivity index (χ1v) is 9.99. The van der Waals surface area contributed by atoms with Crippen molar-refractivity contribution >= 4 is 5.91 Å². The number of amides is 1. The molecule has 156 valence electrons. The van der Waals surface area contributed by atoms with Gasteiger partial charge in [0.2, 0.25) is 5.75 Å². The average molecular weight is 399 g/mol. The highest BCUT2D eigenvalue weighted by Gasteiger charge is 2.25. The van der Waals surface area contributed by atoms with Crippen molar-refractivity contribution in [2.75, 3.05) is 33.9 Å². The SMILES string of the molecule is CCN(CC1CCCO1)C(=O)c1cc(OC)c(OCc2ccccc2)c(OC)c1. The van der Waals surface area contributed by atoms with Gasteiger partial charge in [0, 0.05) is 25.3 Å². The molecule has 1 fully saturated rings. The van der Waals surface area contributed by atoms with Crippen molar-refractivity contribution in [3.8, 4) is 17.2 Å². The van der Waals surface area contributed by atoms with E-state index in [1.807, 2.05) is 37.3 Å². The van der Waals surface area contributed by atoms with Crippen molar-refractivity contribution in [3.63, 3.8) is 0 Å². The van der Waals surface area contributed by atoms with Gasteiger partial charge in [-0.1, -0.05) is 30.3 Å². The minimum atomic E-state index is -0.0748. The summed E-state index contributed by atoms with van der Waals surface area (Å²) in [5, 5.41) is 0. The van der Waals surface area contributed by atoms with Gasteiger partial charge in [0.25, 0.3) is 5.91 Å². The van der Waals surface area contributed by atoms with Crippen LogP contribution in [0.2, 0.25) is 0 Å². The molecule has 1 heterocycles. The molecular weight excluding hydrogens is 370 g/mol. The van der Waals surface area contributed by atoms with Crippen LogP contribution in [-0.4, -0.2) is 50.8 Å². The number of nitrogens with zero attached hydrogens (tertiary/aromatic N) is 1. The Morgan fingerprint density at radius 3 is 2.38 bits per heavy atom. The predicted octanol–water partition coefficient (Wildman–Crippen LogP) is 3.92. The second-order valence-electron chi connectivity index (χ2n) is 6.96. The van der Waals surface area contributed by atoms with Crippen LogP contribution >= 0.6 is 0 Å². The minimum absolute atomic E-state index is 0.0748. The Labute approximate surface area is 172 Å². The molecule has 0 N–H and O–H groups in total. The molecule has 1 saturated heterocycles. The average Bonchev–Trinajstić information content (AvgIpc) is 3.28. The van der Waals surface area contributed by atoms with E-state index in [0.29, 0.717) is 42.5 Å². The predicted molar refractivity (Wildman–Crippen MR) is 111 cm³/mol. The highest BCUT2D eigenvalue weighted by molar-refractivity contribution is 5.95. The lowest BCUT2D eigenvalue weighted by molar-refractivity contribution is 0.0538. The number of benzene rings is 2. The fraction of sp³-hybridized carbons (Fsp3) is 0.435. The topological polar surface area (TPSA) is 57.2 Å². The van der Waals surface area contributed by atoms with Crippen LogP contribution in [0, 0.1) is 0 Å². The Balaban J connectivity index is 1.81. The van der Waals surface area contributed by atoms with E-state index in [1.54, 1.807) is 31.3 Å². The van der Waals surface area contributed by atoms with Crippen molar-refractivity contribution in [1.29, 1.82) is 0 Å². The summed E-state index contributed by atoms with van der Waals surface area (Å²) in [5.41, 5.74) is 1.54.